The molecule has 1 heteroatoms. The lowest BCUT2D eigenvalue weighted by Crippen LogP contribution is -2.26. The van der Waals surface area contributed by atoms with E-state index >= 15 is 0 Å². The molecule has 1 nitrogen and oxygen atoms in total. The average Bonchev–Trinajstić information content (AvgIpc) is 2.19. The zero-order valence-corrected chi connectivity index (χ0v) is 8.57. The van der Waals surface area contributed by atoms with Crippen LogP contribution in [0.25, 0.3) is 11.1 Å². The fourth-order valence-corrected chi connectivity index (χ4v) is 1.50. The van der Waals surface area contributed by atoms with Gasteiger partial charge in [-0.1, -0.05) is 29.8 Å². The van der Waals surface area contributed by atoms with Gasteiger partial charge in [-0.3, -0.25) is 0 Å². The molecule has 1 aromatic carbocycles. The van der Waals surface area contributed by atoms with Crippen molar-refractivity contribution < 1.29 is 4.57 Å². The Balaban J connectivity index is 2.44. The molecule has 0 radical (unpaired) electrons. The van der Waals surface area contributed by atoms with Crippen LogP contribution in [-0.2, 0) is 7.05 Å². The summed E-state index contributed by atoms with van der Waals surface area (Å²) in [6.07, 6.45) is 4.17. The Morgan fingerprint density at radius 2 is 1.64 bits per heavy atom. The Morgan fingerprint density at radius 1 is 0.929 bits per heavy atom. The summed E-state index contributed by atoms with van der Waals surface area (Å²) in [6.45, 7) is 2.11. The van der Waals surface area contributed by atoms with Crippen molar-refractivity contribution in [2.24, 2.45) is 7.05 Å². The fourth-order valence-electron chi connectivity index (χ4n) is 1.50. The Labute approximate surface area is 84.6 Å². The second kappa shape index (κ2) is 3.62. The fraction of sp³-hybridized carbons (Fsp3) is 0.154. The van der Waals surface area contributed by atoms with Crippen molar-refractivity contribution in [3.63, 3.8) is 0 Å². The maximum absolute atomic E-state index is 2.16. The Hall–Kier alpha value is -1.63. The zero-order chi connectivity index (χ0) is 9.97. The minimum Gasteiger partial charge on any atom is -0.207 e. The maximum atomic E-state index is 2.16. The molecule has 0 fully saturated rings. The van der Waals surface area contributed by atoms with E-state index in [1.807, 2.05) is 13.2 Å². The highest BCUT2D eigenvalue weighted by Gasteiger charge is 2.00. The summed E-state index contributed by atoms with van der Waals surface area (Å²) in [5, 5.41) is 0. The van der Waals surface area contributed by atoms with E-state index in [-0.39, 0.29) is 0 Å². The molecule has 0 saturated heterocycles. The highest BCUT2D eigenvalue weighted by atomic mass is 14.9. The van der Waals surface area contributed by atoms with E-state index in [1.54, 1.807) is 0 Å². The second-order valence-electron chi connectivity index (χ2n) is 3.62. The molecule has 0 atom stereocenters. The molecule has 2 aromatic rings. The van der Waals surface area contributed by atoms with E-state index in [4.69, 9.17) is 0 Å². The number of nitrogens with zero attached hydrogens (tertiary/aromatic N) is 1. The van der Waals surface area contributed by atoms with Crippen LogP contribution in [0.4, 0.5) is 0 Å². The van der Waals surface area contributed by atoms with Crippen LogP contribution >= 0.6 is 0 Å². The summed E-state index contributed by atoms with van der Waals surface area (Å²) < 4.78 is 2.06. The van der Waals surface area contributed by atoms with E-state index in [1.165, 1.54) is 16.7 Å². The van der Waals surface area contributed by atoms with Gasteiger partial charge in [-0.2, -0.15) is 0 Å². The molecule has 0 N–H and O–H groups in total. The molecule has 1 heterocycles. The van der Waals surface area contributed by atoms with Crippen molar-refractivity contribution in [3.8, 4) is 11.1 Å². The standard InChI is InChI=1S/C13H14N/c1-11-5-7-12(8-6-11)13-4-3-9-14(2)10-13/h3-10H,1-2H3/q+1. The third-order valence-corrected chi connectivity index (χ3v) is 2.32. The molecular formula is C13H14N+. The van der Waals surface area contributed by atoms with Gasteiger partial charge in [0.2, 0.25) is 0 Å². The van der Waals surface area contributed by atoms with Gasteiger partial charge >= 0.3 is 0 Å². The Morgan fingerprint density at radius 3 is 2.29 bits per heavy atom. The highest BCUT2D eigenvalue weighted by Crippen LogP contribution is 2.17. The van der Waals surface area contributed by atoms with Crippen LogP contribution in [0.2, 0.25) is 0 Å². The average molecular weight is 184 g/mol. The van der Waals surface area contributed by atoms with Crippen LogP contribution in [0.1, 0.15) is 5.56 Å². The third kappa shape index (κ3) is 1.82. The topological polar surface area (TPSA) is 3.88 Å². The van der Waals surface area contributed by atoms with E-state index in [9.17, 15) is 0 Å². The first-order valence-electron chi connectivity index (χ1n) is 4.78. The third-order valence-electron chi connectivity index (χ3n) is 2.32. The number of hydrogen-bond acceptors (Lipinski definition) is 0. The van der Waals surface area contributed by atoms with E-state index < -0.39 is 0 Å². The van der Waals surface area contributed by atoms with Gasteiger partial charge in [-0.15, -0.1) is 0 Å². The second-order valence-corrected chi connectivity index (χ2v) is 3.62. The SMILES string of the molecule is Cc1ccc(-c2ccc[n+](C)c2)cc1. The summed E-state index contributed by atoms with van der Waals surface area (Å²) >= 11 is 0. The minimum absolute atomic E-state index is 1.26. The number of benzene rings is 1. The highest BCUT2D eigenvalue weighted by molar-refractivity contribution is 5.61. The van der Waals surface area contributed by atoms with Gasteiger partial charge in [0.1, 0.15) is 7.05 Å². The van der Waals surface area contributed by atoms with Crippen LogP contribution in [0, 0.1) is 6.92 Å². The van der Waals surface area contributed by atoms with Crippen LogP contribution in [-0.4, -0.2) is 0 Å². The molecule has 0 saturated carbocycles. The van der Waals surface area contributed by atoms with E-state index in [0.717, 1.165) is 0 Å². The van der Waals surface area contributed by atoms with Crippen molar-refractivity contribution in [1.29, 1.82) is 0 Å². The molecule has 0 spiro atoms. The first kappa shape index (κ1) is 8.95. The Kier molecular flexibility index (Phi) is 2.32. The lowest BCUT2D eigenvalue weighted by Gasteiger charge is -1.99. The van der Waals surface area contributed by atoms with Gasteiger partial charge < -0.3 is 0 Å². The van der Waals surface area contributed by atoms with Crippen LogP contribution < -0.4 is 4.57 Å². The molecule has 0 bridgehead atoms. The molecule has 0 amide bonds. The maximum Gasteiger partial charge on any atom is 0.176 e. The quantitative estimate of drug-likeness (QED) is 0.599. The molecular weight excluding hydrogens is 170 g/mol. The van der Waals surface area contributed by atoms with Crippen LogP contribution in [0.5, 0.6) is 0 Å². The molecule has 0 aliphatic rings. The normalized spacial score (nSPS) is 10.1. The predicted molar refractivity (Wildman–Crippen MR) is 57.8 cm³/mol. The Bertz CT molecular complexity index is 429. The molecule has 70 valence electrons. The first-order valence-corrected chi connectivity index (χ1v) is 4.78. The van der Waals surface area contributed by atoms with Crippen molar-refractivity contribution in [3.05, 3.63) is 54.4 Å². The van der Waals surface area contributed by atoms with E-state index in [2.05, 4.69) is 54.1 Å². The summed E-state index contributed by atoms with van der Waals surface area (Å²) in [5.41, 5.74) is 3.83. The largest absolute Gasteiger partial charge is 0.207 e. The van der Waals surface area contributed by atoms with Crippen LogP contribution in [0.15, 0.2) is 48.8 Å². The predicted octanol–water partition coefficient (Wildman–Crippen LogP) is 2.49. The number of hydrogen-bond donors (Lipinski definition) is 0. The van der Waals surface area contributed by atoms with Crippen molar-refractivity contribution in [2.75, 3.05) is 0 Å². The smallest absolute Gasteiger partial charge is 0.176 e. The molecule has 0 aliphatic heterocycles. The molecule has 0 aliphatic carbocycles. The van der Waals surface area contributed by atoms with Gasteiger partial charge in [0.25, 0.3) is 0 Å². The van der Waals surface area contributed by atoms with Crippen molar-refractivity contribution in [2.45, 2.75) is 6.92 Å². The molecule has 0 unspecified atom stereocenters. The number of aryl methyl sites for hydroxylation is 2. The molecule has 14 heavy (non-hydrogen) atoms. The van der Waals surface area contributed by atoms with E-state index in [0.29, 0.717) is 0 Å². The summed E-state index contributed by atoms with van der Waals surface area (Å²) in [4.78, 5) is 0. The number of rotatable bonds is 1. The minimum atomic E-state index is 1.26. The zero-order valence-electron chi connectivity index (χ0n) is 8.57. The summed E-state index contributed by atoms with van der Waals surface area (Å²) in [7, 11) is 2.04. The van der Waals surface area contributed by atoms with Crippen molar-refractivity contribution in [1.82, 2.24) is 0 Å². The van der Waals surface area contributed by atoms with Gasteiger partial charge in [0.15, 0.2) is 12.4 Å². The molecule has 1 aromatic heterocycles. The first-order chi connectivity index (χ1) is 6.75. The lowest BCUT2D eigenvalue weighted by atomic mass is 10.1. The number of aromatic nitrogens is 1. The van der Waals surface area contributed by atoms with Crippen LogP contribution in [0.3, 0.4) is 0 Å². The monoisotopic (exact) mass is 184 g/mol. The summed E-state index contributed by atoms with van der Waals surface area (Å²) in [5.74, 6) is 0. The van der Waals surface area contributed by atoms with Gasteiger partial charge in [0.05, 0.1) is 0 Å². The summed E-state index contributed by atoms with van der Waals surface area (Å²) in [6, 6.07) is 12.8. The van der Waals surface area contributed by atoms with Gasteiger partial charge in [0, 0.05) is 11.6 Å². The van der Waals surface area contributed by atoms with Gasteiger partial charge in [-0.05, 0) is 18.6 Å². The molecule has 2 rings (SSSR count). The lowest BCUT2D eigenvalue weighted by molar-refractivity contribution is -0.671. The van der Waals surface area contributed by atoms with Crippen molar-refractivity contribution >= 4 is 0 Å². The van der Waals surface area contributed by atoms with Gasteiger partial charge in [-0.25, -0.2) is 4.57 Å². The number of pyridine rings is 1.